The molecule has 1 N–H and O–H groups in total. The highest BCUT2D eigenvalue weighted by atomic mass is 79.9. The molecule has 1 saturated heterocycles. The van der Waals surface area contributed by atoms with Crippen molar-refractivity contribution in [2.75, 3.05) is 13.1 Å². The third-order valence-electron chi connectivity index (χ3n) is 5.06. The van der Waals surface area contributed by atoms with Crippen molar-refractivity contribution in [2.45, 2.75) is 25.4 Å². The first kappa shape index (κ1) is 16.4. The number of nitrogens with zero attached hydrogens (tertiary/aromatic N) is 2. The molecule has 6 heteroatoms. The van der Waals surface area contributed by atoms with Crippen molar-refractivity contribution in [1.29, 1.82) is 0 Å². The van der Waals surface area contributed by atoms with Crippen LogP contribution in [-0.2, 0) is 13.1 Å². The maximum atomic E-state index is 12.1. The number of benzene rings is 1. The van der Waals surface area contributed by atoms with Gasteiger partial charge in [0.1, 0.15) is 5.75 Å². The van der Waals surface area contributed by atoms with Crippen LogP contribution in [0, 0.1) is 5.92 Å². The lowest BCUT2D eigenvalue weighted by molar-refractivity contribution is 0.113. The summed E-state index contributed by atoms with van der Waals surface area (Å²) in [6.07, 6.45) is 1.15. The van der Waals surface area contributed by atoms with Crippen LogP contribution in [0.1, 0.15) is 23.6 Å². The normalized spacial score (nSPS) is 23.1. The molecular weight excluding hydrogens is 436 g/mol. The van der Waals surface area contributed by atoms with Gasteiger partial charge in [-0.2, -0.15) is 0 Å². The zero-order valence-corrected chi connectivity index (χ0v) is 16.3. The molecule has 1 aromatic heterocycles. The predicted molar refractivity (Wildman–Crippen MR) is 100 cm³/mol. The summed E-state index contributed by atoms with van der Waals surface area (Å²) in [6, 6.07) is 9.43. The standard InChI is InChI=1S/C18H18Br2N2O2/c19-14-5-13(18(24)15(20)6-14)10-21-7-11-4-12(9-21)16-2-1-3-17(23)22(16)8-11/h1-3,5-6,11-12,24H,4,7-10H2/t11-,12-/m1/s1. The maximum Gasteiger partial charge on any atom is 0.250 e. The third kappa shape index (κ3) is 2.95. The number of phenolic OH excluding ortho intramolecular Hbond substituents is 1. The smallest absolute Gasteiger partial charge is 0.250 e. The van der Waals surface area contributed by atoms with Crippen LogP contribution in [0.2, 0.25) is 0 Å². The predicted octanol–water partition coefficient (Wildman–Crippen LogP) is 3.70. The van der Waals surface area contributed by atoms with E-state index in [1.807, 2.05) is 22.8 Å². The van der Waals surface area contributed by atoms with Gasteiger partial charge in [-0.15, -0.1) is 0 Å². The Morgan fingerprint density at radius 1 is 1.17 bits per heavy atom. The monoisotopic (exact) mass is 452 g/mol. The van der Waals surface area contributed by atoms with Gasteiger partial charge in [0.25, 0.3) is 5.56 Å². The van der Waals surface area contributed by atoms with E-state index in [0.29, 0.717) is 28.6 Å². The molecule has 2 bridgehead atoms. The fourth-order valence-corrected chi connectivity index (χ4v) is 5.42. The third-order valence-corrected chi connectivity index (χ3v) is 6.12. The number of piperidine rings is 1. The largest absolute Gasteiger partial charge is 0.506 e. The van der Waals surface area contributed by atoms with Crippen molar-refractivity contribution in [3.05, 3.63) is 60.9 Å². The van der Waals surface area contributed by atoms with Crippen molar-refractivity contribution >= 4 is 31.9 Å². The van der Waals surface area contributed by atoms with Gasteiger partial charge in [-0.1, -0.05) is 22.0 Å². The average molecular weight is 454 g/mol. The molecule has 1 aromatic carbocycles. The Morgan fingerprint density at radius 2 is 2.00 bits per heavy atom. The van der Waals surface area contributed by atoms with Gasteiger partial charge >= 0.3 is 0 Å². The van der Waals surface area contributed by atoms with E-state index in [4.69, 9.17) is 0 Å². The molecule has 1 fully saturated rings. The van der Waals surface area contributed by atoms with Crippen LogP contribution in [0.3, 0.4) is 0 Å². The molecule has 126 valence electrons. The van der Waals surface area contributed by atoms with Crippen LogP contribution < -0.4 is 5.56 Å². The van der Waals surface area contributed by atoms with Crippen LogP contribution >= 0.6 is 31.9 Å². The van der Waals surface area contributed by atoms with Gasteiger partial charge in [0, 0.05) is 53.9 Å². The Bertz CT molecular complexity index is 849. The Balaban J connectivity index is 1.60. The molecule has 4 nitrogen and oxygen atoms in total. The number of pyridine rings is 1. The molecule has 0 radical (unpaired) electrons. The van der Waals surface area contributed by atoms with Crippen LogP contribution in [0.5, 0.6) is 5.75 Å². The van der Waals surface area contributed by atoms with Gasteiger partial charge in [-0.3, -0.25) is 9.69 Å². The molecular formula is C18H18Br2N2O2. The Morgan fingerprint density at radius 3 is 2.83 bits per heavy atom. The van der Waals surface area contributed by atoms with E-state index in [2.05, 4.69) is 42.8 Å². The SMILES string of the molecule is O=c1cccc2n1C[C@@H]1C[C@@H]2CN(Cc2cc(Br)cc(Br)c2O)C1. The molecule has 0 aliphatic carbocycles. The minimum atomic E-state index is 0.115. The van der Waals surface area contributed by atoms with E-state index in [1.54, 1.807) is 6.07 Å². The molecule has 2 aliphatic rings. The minimum absolute atomic E-state index is 0.115. The summed E-state index contributed by atoms with van der Waals surface area (Å²) in [5.74, 6) is 1.20. The van der Waals surface area contributed by atoms with E-state index in [1.165, 1.54) is 0 Å². The number of aromatic hydroxyl groups is 1. The highest BCUT2D eigenvalue weighted by Crippen LogP contribution is 2.37. The number of phenols is 1. The molecule has 2 aromatic rings. The number of likely N-dealkylation sites (tertiary alicyclic amines) is 1. The van der Waals surface area contributed by atoms with E-state index < -0.39 is 0 Å². The first-order valence-electron chi connectivity index (χ1n) is 8.10. The lowest BCUT2D eigenvalue weighted by Crippen LogP contribution is -2.46. The highest BCUT2D eigenvalue weighted by Gasteiger charge is 2.34. The summed E-state index contributed by atoms with van der Waals surface area (Å²) in [6.45, 7) is 3.40. The molecule has 0 saturated carbocycles. The summed E-state index contributed by atoms with van der Waals surface area (Å²) in [5, 5.41) is 10.3. The molecule has 0 unspecified atom stereocenters. The summed E-state index contributed by atoms with van der Waals surface area (Å²) >= 11 is 6.90. The fraction of sp³-hybridized carbons (Fsp3) is 0.389. The zero-order valence-electron chi connectivity index (χ0n) is 13.1. The number of aromatic nitrogens is 1. The summed E-state index contributed by atoms with van der Waals surface area (Å²) in [7, 11) is 0. The lowest BCUT2D eigenvalue weighted by Gasteiger charge is -2.42. The Hall–Kier alpha value is -1.11. The zero-order chi connectivity index (χ0) is 16.8. The van der Waals surface area contributed by atoms with Gasteiger partial charge in [0.15, 0.2) is 0 Å². The van der Waals surface area contributed by atoms with Gasteiger partial charge in [-0.05, 0) is 46.5 Å². The summed E-state index contributed by atoms with van der Waals surface area (Å²) < 4.78 is 3.61. The van der Waals surface area contributed by atoms with Crippen LogP contribution in [0.25, 0.3) is 0 Å². The summed E-state index contributed by atoms with van der Waals surface area (Å²) in [4.78, 5) is 14.5. The number of fused-ring (bicyclic) bond motifs is 4. The van der Waals surface area contributed by atoms with Crippen molar-refractivity contribution in [3.8, 4) is 5.75 Å². The molecule has 24 heavy (non-hydrogen) atoms. The van der Waals surface area contributed by atoms with Crippen molar-refractivity contribution in [1.82, 2.24) is 9.47 Å². The van der Waals surface area contributed by atoms with Crippen molar-refractivity contribution in [2.24, 2.45) is 5.92 Å². The fourth-order valence-electron chi connectivity index (χ4n) is 4.11. The van der Waals surface area contributed by atoms with Gasteiger partial charge in [-0.25, -0.2) is 0 Å². The molecule has 4 rings (SSSR count). The molecule has 0 amide bonds. The maximum absolute atomic E-state index is 12.1. The van der Waals surface area contributed by atoms with E-state index in [9.17, 15) is 9.90 Å². The topological polar surface area (TPSA) is 45.5 Å². The second kappa shape index (κ2) is 6.32. The number of hydrogen-bond acceptors (Lipinski definition) is 3. The molecule has 0 spiro atoms. The second-order valence-electron chi connectivity index (χ2n) is 6.79. The quantitative estimate of drug-likeness (QED) is 0.753. The lowest BCUT2D eigenvalue weighted by atomic mass is 9.83. The average Bonchev–Trinajstić information content (AvgIpc) is 2.53. The van der Waals surface area contributed by atoms with Crippen molar-refractivity contribution in [3.63, 3.8) is 0 Å². The Kier molecular flexibility index (Phi) is 4.31. The first-order chi connectivity index (χ1) is 11.5. The van der Waals surface area contributed by atoms with Crippen LogP contribution in [0.15, 0.2) is 44.1 Å². The Labute approximate surface area is 157 Å². The van der Waals surface area contributed by atoms with E-state index >= 15 is 0 Å². The van der Waals surface area contributed by atoms with Crippen LogP contribution in [-0.4, -0.2) is 27.7 Å². The van der Waals surface area contributed by atoms with Crippen LogP contribution in [0.4, 0.5) is 0 Å². The van der Waals surface area contributed by atoms with E-state index in [-0.39, 0.29) is 5.56 Å². The van der Waals surface area contributed by atoms with Gasteiger partial charge in [0.05, 0.1) is 4.47 Å². The molecule has 2 atom stereocenters. The summed E-state index contributed by atoms with van der Waals surface area (Å²) in [5.41, 5.74) is 2.19. The number of halogens is 2. The molecule has 3 heterocycles. The number of rotatable bonds is 2. The highest BCUT2D eigenvalue weighted by molar-refractivity contribution is 9.11. The first-order valence-corrected chi connectivity index (χ1v) is 9.69. The minimum Gasteiger partial charge on any atom is -0.506 e. The van der Waals surface area contributed by atoms with Gasteiger partial charge < -0.3 is 9.67 Å². The second-order valence-corrected chi connectivity index (χ2v) is 8.56. The molecule has 2 aliphatic heterocycles. The van der Waals surface area contributed by atoms with Gasteiger partial charge in [0.2, 0.25) is 0 Å². The number of hydrogen-bond donors (Lipinski definition) is 1. The van der Waals surface area contributed by atoms with Crippen molar-refractivity contribution < 1.29 is 5.11 Å². The van der Waals surface area contributed by atoms with E-state index in [0.717, 1.165) is 41.8 Å².